The van der Waals surface area contributed by atoms with Crippen LogP contribution in [0.15, 0.2) is 30.5 Å². The lowest BCUT2D eigenvalue weighted by Crippen LogP contribution is -2.17. The number of ether oxygens (including phenoxy) is 1. The SMILES string of the molecule is COCC(=O)Nc1cccc(NC(=O)CCc2c(C)nc3c(C#N)cnn3c2C)c1. The Morgan fingerprint density at radius 1 is 1.20 bits per heavy atom. The van der Waals surface area contributed by atoms with Gasteiger partial charge in [0.05, 0.1) is 6.20 Å². The second kappa shape index (κ2) is 9.15. The molecule has 0 saturated carbocycles. The molecule has 3 aromatic rings. The Labute approximate surface area is 173 Å². The van der Waals surface area contributed by atoms with Crippen LogP contribution >= 0.6 is 0 Å². The summed E-state index contributed by atoms with van der Waals surface area (Å²) < 4.78 is 6.42. The fourth-order valence-electron chi connectivity index (χ4n) is 3.22. The second-order valence-electron chi connectivity index (χ2n) is 6.78. The van der Waals surface area contributed by atoms with Crippen LogP contribution in [0.4, 0.5) is 11.4 Å². The summed E-state index contributed by atoms with van der Waals surface area (Å²) in [7, 11) is 1.45. The Kier molecular flexibility index (Phi) is 6.39. The second-order valence-corrected chi connectivity index (χ2v) is 6.78. The molecule has 9 nitrogen and oxygen atoms in total. The lowest BCUT2D eigenvalue weighted by molar-refractivity contribution is -0.119. The van der Waals surface area contributed by atoms with Gasteiger partial charge >= 0.3 is 0 Å². The minimum atomic E-state index is -0.270. The highest BCUT2D eigenvalue weighted by Gasteiger charge is 2.15. The fraction of sp³-hybridized carbons (Fsp3) is 0.286. The van der Waals surface area contributed by atoms with Crippen LogP contribution in [0, 0.1) is 25.2 Å². The van der Waals surface area contributed by atoms with Crippen LogP contribution in [-0.4, -0.2) is 40.1 Å². The molecule has 0 atom stereocenters. The molecule has 1 aromatic carbocycles. The Bertz CT molecular complexity index is 1150. The van der Waals surface area contributed by atoms with Crippen molar-refractivity contribution in [3.8, 4) is 6.07 Å². The Balaban J connectivity index is 1.67. The number of fused-ring (bicyclic) bond motifs is 1. The van der Waals surface area contributed by atoms with E-state index in [1.54, 1.807) is 28.8 Å². The highest BCUT2D eigenvalue weighted by Crippen LogP contribution is 2.19. The number of methoxy groups -OCH3 is 1. The van der Waals surface area contributed by atoms with Crippen LogP contribution in [0.25, 0.3) is 5.65 Å². The number of anilines is 2. The molecule has 30 heavy (non-hydrogen) atoms. The van der Waals surface area contributed by atoms with E-state index in [4.69, 9.17) is 10.00 Å². The molecular formula is C21H22N6O3. The lowest BCUT2D eigenvalue weighted by Gasteiger charge is -2.12. The number of rotatable bonds is 7. The van der Waals surface area contributed by atoms with Gasteiger partial charge in [0, 0.05) is 36.3 Å². The monoisotopic (exact) mass is 406 g/mol. The molecule has 9 heteroatoms. The topological polar surface area (TPSA) is 121 Å². The van der Waals surface area contributed by atoms with Gasteiger partial charge in [0.15, 0.2) is 5.65 Å². The number of aromatic nitrogens is 3. The molecule has 2 aromatic heterocycles. The molecule has 0 aliphatic carbocycles. The average Bonchev–Trinajstić information content (AvgIpc) is 3.11. The van der Waals surface area contributed by atoms with Crippen molar-refractivity contribution in [2.75, 3.05) is 24.4 Å². The first kappa shape index (κ1) is 21.0. The van der Waals surface area contributed by atoms with E-state index in [-0.39, 0.29) is 24.8 Å². The standard InChI is InChI=1S/C21H22N6O3/c1-13-18(14(2)27-21(24-13)15(10-22)11-23-27)7-8-19(28)25-16-5-4-6-17(9-16)26-20(29)12-30-3/h4-6,9,11H,7-8,12H2,1-3H3,(H,25,28)(H,26,29). The van der Waals surface area contributed by atoms with Crippen molar-refractivity contribution >= 4 is 28.8 Å². The average molecular weight is 406 g/mol. The van der Waals surface area contributed by atoms with Crippen molar-refractivity contribution in [3.63, 3.8) is 0 Å². The summed E-state index contributed by atoms with van der Waals surface area (Å²) >= 11 is 0. The number of aryl methyl sites for hydroxylation is 2. The van der Waals surface area contributed by atoms with Gasteiger partial charge in [-0.2, -0.15) is 10.4 Å². The summed E-state index contributed by atoms with van der Waals surface area (Å²) in [6.07, 6.45) is 2.23. The van der Waals surface area contributed by atoms with Crippen LogP contribution in [0.5, 0.6) is 0 Å². The number of nitrogens with zero attached hydrogens (tertiary/aromatic N) is 4. The molecule has 2 amide bonds. The molecule has 3 rings (SSSR count). The van der Waals surface area contributed by atoms with Crippen molar-refractivity contribution in [2.24, 2.45) is 0 Å². The van der Waals surface area contributed by atoms with E-state index >= 15 is 0 Å². The minimum absolute atomic E-state index is 0.0419. The molecule has 0 aliphatic rings. The number of amides is 2. The molecule has 2 N–H and O–H groups in total. The number of hydrogen-bond acceptors (Lipinski definition) is 6. The highest BCUT2D eigenvalue weighted by molar-refractivity contribution is 5.94. The molecule has 2 heterocycles. The van der Waals surface area contributed by atoms with Crippen LogP contribution < -0.4 is 10.6 Å². The van der Waals surface area contributed by atoms with Gasteiger partial charge < -0.3 is 15.4 Å². The predicted octanol–water partition coefficient (Wildman–Crippen LogP) is 2.37. The molecule has 0 bridgehead atoms. The predicted molar refractivity (Wildman–Crippen MR) is 111 cm³/mol. The van der Waals surface area contributed by atoms with Crippen LogP contribution in [-0.2, 0) is 20.7 Å². The maximum atomic E-state index is 12.5. The zero-order valence-electron chi connectivity index (χ0n) is 17.0. The maximum Gasteiger partial charge on any atom is 0.250 e. The van der Waals surface area contributed by atoms with E-state index in [2.05, 4.69) is 26.8 Å². The summed E-state index contributed by atoms with van der Waals surface area (Å²) in [4.78, 5) is 28.6. The third-order valence-corrected chi connectivity index (χ3v) is 4.64. The molecule has 0 fully saturated rings. The van der Waals surface area contributed by atoms with E-state index in [9.17, 15) is 9.59 Å². The smallest absolute Gasteiger partial charge is 0.250 e. The largest absolute Gasteiger partial charge is 0.375 e. The molecule has 0 aliphatic heterocycles. The molecule has 0 spiro atoms. The van der Waals surface area contributed by atoms with Crippen molar-refractivity contribution < 1.29 is 14.3 Å². The summed E-state index contributed by atoms with van der Waals surface area (Å²) in [6, 6.07) is 8.99. The molecule has 0 unspecified atom stereocenters. The first-order chi connectivity index (χ1) is 14.4. The minimum Gasteiger partial charge on any atom is -0.375 e. The van der Waals surface area contributed by atoms with Crippen LogP contribution in [0.2, 0.25) is 0 Å². The third-order valence-electron chi connectivity index (χ3n) is 4.64. The van der Waals surface area contributed by atoms with Crippen molar-refractivity contribution in [2.45, 2.75) is 26.7 Å². The van der Waals surface area contributed by atoms with Crippen LogP contribution in [0.3, 0.4) is 0 Å². The number of nitrogens with one attached hydrogen (secondary N) is 2. The number of carbonyl (C=O) groups excluding carboxylic acids is 2. The van der Waals surface area contributed by atoms with Gasteiger partial charge in [0.25, 0.3) is 0 Å². The van der Waals surface area contributed by atoms with E-state index in [1.807, 2.05) is 13.8 Å². The quantitative estimate of drug-likeness (QED) is 0.621. The Morgan fingerprint density at radius 3 is 2.57 bits per heavy atom. The van der Waals surface area contributed by atoms with Crippen LogP contribution in [0.1, 0.15) is 28.9 Å². The lowest BCUT2D eigenvalue weighted by atomic mass is 10.1. The summed E-state index contributed by atoms with van der Waals surface area (Å²) in [5, 5.41) is 18.9. The van der Waals surface area contributed by atoms with E-state index in [1.165, 1.54) is 13.3 Å². The summed E-state index contributed by atoms with van der Waals surface area (Å²) in [6.45, 7) is 3.72. The molecule has 0 saturated heterocycles. The zero-order chi connectivity index (χ0) is 21.7. The van der Waals surface area contributed by atoms with Gasteiger partial charge in [-0.05, 0) is 44.0 Å². The number of hydrogen-bond donors (Lipinski definition) is 2. The van der Waals surface area contributed by atoms with E-state index in [0.717, 1.165) is 17.0 Å². The summed E-state index contributed by atoms with van der Waals surface area (Å²) in [5.41, 5.74) is 4.65. The van der Waals surface area contributed by atoms with Crippen molar-refractivity contribution in [3.05, 3.63) is 53.0 Å². The third kappa shape index (κ3) is 4.61. The zero-order valence-corrected chi connectivity index (χ0v) is 17.0. The summed E-state index contributed by atoms with van der Waals surface area (Å²) in [5.74, 6) is -0.430. The first-order valence-electron chi connectivity index (χ1n) is 9.35. The van der Waals surface area contributed by atoms with Gasteiger partial charge in [0.2, 0.25) is 11.8 Å². The fourth-order valence-corrected chi connectivity index (χ4v) is 3.22. The number of nitriles is 1. The van der Waals surface area contributed by atoms with Crippen molar-refractivity contribution in [1.29, 1.82) is 5.26 Å². The van der Waals surface area contributed by atoms with Gasteiger partial charge in [0.1, 0.15) is 18.2 Å². The molecular weight excluding hydrogens is 384 g/mol. The van der Waals surface area contributed by atoms with Gasteiger partial charge in [-0.1, -0.05) is 6.07 Å². The maximum absolute atomic E-state index is 12.5. The normalized spacial score (nSPS) is 10.6. The van der Waals surface area contributed by atoms with Crippen molar-refractivity contribution in [1.82, 2.24) is 14.6 Å². The first-order valence-corrected chi connectivity index (χ1v) is 9.35. The van der Waals surface area contributed by atoms with E-state index < -0.39 is 0 Å². The molecule has 0 radical (unpaired) electrons. The Morgan fingerprint density at radius 2 is 1.90 bits per heavy atom. The van der Waals surface area contributed by atoms with Gasteiger partial charge in [-0.15, -0.1) is 0 Å². The number of carbonyl (C=O) groups is 2. The van der Waals surface area contributed by atoms with Gasteiger partial charge in [-0.3, -0.25) is 9.59 Å². The number of benzene rings is 1. The molecule has 154 valence electrons. The van der Waals surface area contributed by atoms with E-state index in [0.29, 0.717) is 29.0 Å². The Hall–Kier alpha value is -3.77. The highest BCUT2D eigenvalue weighted by atomic mass is 16.5. The van der Waals surface area contributed by atoms with Gasteiger partial charge in [-0.25, -0.2) is 9.50 Å².